The fraction of sp³-hybridized carbons (Fsp3) is 0.0638. The van der Waals surface area contributed by atoms with Crippen LogP contribution in [0.25, 0.3) is 60.2 Å². The topological polar surface area (TPSA) is 41.0 Å². The lowest BCUT2D eigenvalue weighted by Crippen LogP contribution is -2.54. The molecule has 1 aliphatic heterocycles. The van der Waals surface area contributed by atoms with Crippen molar-refractivity contribution in [3.05, 3.63) is 199 Å². The molecule has 0 amide bonds. The molecule has 1 fully saturated rings. The molecule has 244 valence electrons. The van der Waals surface area contributed by atoms with E-state index in [0.29, 0.717) is 0 Å². The van der Waals surface area contributed by atoms with Crippen molar-refractivity contribution in [2.24, 2.45) is 0 Å². The Bertz CT molecular complexity index is 2630. The van der Waals surface area contributed by atoms with Gasteiger partial charge in [-0.2, -0.15) is 0 Å². The van der Waals surface area contributed by atoms with Gasteiger partial charge >= 0.3 is 0 Å². The van der Waals surface area contributed by atoms with Crippen molar-refractivity contribution in [1.82, 2.24) is 20.5 Å². The molecule has 4 nitrogen and oxygen atoms in total. The van der Waals surface area contributed by atoms with Crippen LogP contribution in [0, 0.1) is 0 Å². The molecule has 0 bridgehead atoms. The van der Waals surface area contributed by atoms with Crippen LogP contribution in [-0.4, -0.2) is 4.57 Å². The minimum atomic E-state index is -0.119. The molecular formula is C47H36N4. The second kappa shape index (κ2) is 12.4. The van der Waals surface area contributed by atoms with Crippen molar-refractivity contribution in [3.8, 4) is 16.8 Å². The lowest BCUT2D eigenvalue weighted by atomic mass is 9.91. The van der Waals surface area contributed by atoms with Gasteiger partial charge in [-0.3, -0.25) is 16.0 Å². The Balaban J connectivity index is 1.12. The first-order valence-corrected chi connectivity index (χ1v) is 17.7. The van der Waals surface area contributed by atoms with E-state index in [2.05, 4.69) is 203 Å². The zero-order valence-electron chi connectivity index (χ0n) is 28.0. The van der Waals surface area contributed by atoms with Crippen LogP contribution < -0.4 is 16.0 Å². The van der Waals surface area contributed by atoms with Crippen molar-refractivity contribution in [1.29, 1.82) is 0 Å². The third-order valence-electron chi connectivity index (χ3n) is 10.5. The molecule has 2 atom stereocenters. The maximum Gasteiger partial charge on any atom is 0.0870 e. The van der Waals surface area contributed by atoms with Gasteiger partial charge in [-0.05, 0) is 73.6 Å². The van der Waals surface area contributed by atoms with Gasteiger partial charge in [0.05, 0.1) is 29.5 Å². The third-order valence-corrected chi connectivity index (χ3v) is 10.5. The van der Waals surface area contributed by atoms with Crippen molar-refractivity contribution in [3.63, 3.8) is 0 Å². The number of para-hydroxylation sites is 1. The fourth-order valence-corrected chi connectivity index (χ4v) is 8.15. The summed E-state index contributed by atoms with van der Waals surface area (Å²) in [5.74, 6) is 0. The SMILES string of the molecule is c1ccc(C2NC(c3ccccc3)NC(c3ccc4ccccc4c3-c3ccc(-n4c5ccccc5c5c6ccccc6ccc54)cc3)N2)cc1. The molecule has 4 heteroatoms. The molecule has 2 unspecified atom stereocenters. The van der Waals surface area contributed by atoms with Crippen LogP contribution in [0.5, 0.6) is 0 Å². The lowest BCUT2D eigenvalue weighted by Gasteiger charge is -2.40. The minimum Gasteiger partial charge on any atom is -0.309 e. The Kier molecular flexibility index (Phi) is 7.24. The van der Waals surface area contributed by atoms with Crippen LogP contribution >= 0.6 is 0 Å². The predicted molar refractivity (Wildman–Crippen MR) is 212 cm³/mol. The number of hydrogen-bond donors (Lipinski definition) is 3. The van der Waals surface area contributed by atoms with E-state index in [0.717, 1.165) is 5.69 Å². The zero-order chi connectivity index (χ0) is 33.7. The van der Waals surface area contributed by atoms with Gasteiger partial charge < -0.3 is 4.57 Å². The summed E-state index contributed by atoms with van der Waals surface area (Å²) in [7, 11) is 0. The van der Waals surface area contributed by atoms with Crippen molar-refractivity contribution >= 4 is 43.4 Å². The van der Waals surface area contributed by atoms with Crippen molar-refractivity contribution in [2.45, 2.75) is 18.5 Å². The molecule has 0 spiro atoms. The first-order valence-electron chi connectivity index (χ1n) is 17.7. The molecule has 10 rings (SSSR count). The van der Waals surface area contributed by atoms with Crippen LogP contribution in [0.2, 0.25) is 0 Å². The fourth-order valence-electron chi connectivity index (χ4n) is 8.15. The number of aromatic nitrogens is 1. The summed E-state index contributed by atoms with van der Waals surface area (Å²) >= 11 is 0. The number of hydrogen-bond acceptors (Lipinski definition) is 3. The quantitative estimate of drug-likeness (QED) is 0.173. The van der Waals surface area contributed by atoms with Crippen LogP contribution in [0.3, 0.4) is 0 Å². The molecule has 1 aromatic heterocycles. The third kappa shape index (κ3) is 5.12. The van der Waals surface area contributed by atoms with E-state index in [1.54, 1.807) is 0 Å². The van der Waals surface area contributed by atoms with Gasteiger partial charge in [-0.25, -0.2) is 0 Å². The van der Waals surface area contributed by atoms with Crippen LogP contribution in [-0.2, 0) is 0 Å². The molecule has 9 aromatic rings. The van der Waals surface area contributed by atoms with Gasteiger partial charge in [0, 0.05) is 16.5 Å². The lowest BCUT2D eigenvalue weighted by molar-refractivity contribution is 0.203. The Hall–Kier alpha value is -6.04. The highest BCUT2D eigenvalue weighted by atomic mass is 15.4. The Morgan fingerprint density at radius 1 is 0.373 bits per heavy atom. The molecule has 2 heterocycles. The number of benzene rings is 8. The van der Waals surface area contributed by atoms with E-state index >= 15 is 0 Å². The van der Waals surface area contributed by atoms with Gasteiger partial charge in [-0.15, -0.1) is 0 Å². The standard InChI is InChI=1S/C47H36N4/c1-3-15-34(16-4-1)45-48-46(35-17-5-2-6-18-35)50-47(49-45)40-29-25-31-13-7-9-19-37(31)43(40)33-23-27-36(28-24-33)51-41-22-12-11-21-39(41)44-38-20-10-8-14-32(38)26-30-42(44)51/h1-30,45-50H. The molecule has 1 aliphatic rings. The van der Waals surface area contributed by atoms with Gasteiger partial charge in [0.15, 0.2) is 0 Å². The largest absolute Gasteiger partial charge is 0.309 e. The molecular weight excluding hydrogens is 621 g/mol. The molecule has 1 saturated heterocycles. The number of rotatable bonds is 5. The summed E-state index contributed by atoms with van der Waals surface area (Å²) in [5, 5.41) is 19.2. The maximum atomic E-state index is 3.92. The van der Waals surface area contributed by atoms with Gasteiger partial charge in [-0.1, -0.05) is 158 Å². The Morgan fingerprint density at radius 3 is 1.59 bits per heavy atom. The monoisotopic (exact) mass is 656 g/mol. The van der Waals surface area contributed by atoms with E-state index < -0.39 is 0 Å². The van der Waals surface area contributed by atoms with Gasteiger partial charge in [0.25, 0.3) is 0 Å². The van der Waals surface area contributed by atoms with Crippen molar-refractivity contribution < 1.29 is 0 Å². The minimum absolute atomic E-state index is 0.0456. The Morgan fingerprint density at radius 2 is 0.902 bits per heavy atom. The molecule has 3 N–H and O–H groups in total. The number of nitrogens with zero attached hydrogens (tertiary/aromatic N) is 1. The van der Waals surface area contributed by atoms with Crippen molar-refractivity contribution in [2.75, 3.05) is 0 Å². The average molecular weight is 657 g/mol. The highest BCUT2D eigenvalue weighted by Gasteiger charge is 2.31. The van der Waals surface area contributed by atoms with E-state index in [9.17, 15) is 0 Å². The number of fused-ring (bicyclic) bond motifs is 6. The number of nitrogens with one attached hydrogen (secondary N) is 3. The first kappa shape index (κ1) is 29.8. The molecule has 0 aliphatic carbocycles. The van der Waals surface area contributed by atoms with Crippen LogP contribution in [0.4, 0.5) is 0 Å². The Labute approximate surface area is 297 Å². The molecule has 8 aromatic carbocycles. The normalized spacial score (nSPS) is 17.8. The van der Waals surface area contributed by atoms with E-state index in [-0.39, 0.29) is 18.5 Å². The average Bonchev–Trinajstić information content (AvgIpc) is 3.56. The smallest absolute Gasteiger partial charge is 0.0870 e. The maximum absolute atomic E-state index is 3.92. The summed E-state index contributed by atoms with van der Waals surface area (Å²) in [4.78, 5) is 0. The van der Waals surface area contributed by atoms with Crippen LogP contribution in [0.1, 0.15) is 35.2 Å². The molecule has 0 radical (unpaired) electrons. The second-order valence-corrected chi connectivity index (χ2v) is 13.5. The summed E-state index contributed by atoms with van der Waals surface area (Å²) in [6.07, 6.45) is -0.210. The first-order chi connectivity index (χ1) is 25.3. The van der Waals surface area contributed by atoms with E-state index in [1.165, 1.54) is 71.2 Å². The molecule has 0 saturated carbocycles. The van der Waals surface area contributed by atoms with E-state index in [1.807, 2.05) is 0 Å². The highest BCUT2D eigenvalue weighted by Crippen LogP contribution is 2.40. The zero-order valence-corrected chi connectivity index (χ0v) is 28.0. The van der Waals surface area contributed by atoms with Gasteiger partial charge in [0.2, 0.25) is 0 Å². The van der Waals surface area contributed by atoms with E-state index in [4.69, 9.17) is 0 Å². The second-order valence-electron chi connectivity index (χ2n) is 13.5. The summed E-state index contributed by atoms with van der Waals surface area (Å²) in [6, 6.07) is 65.8. The predicted octanol–water partition coefficient (Wildman–Crippen LogP) is 10.9. The van der Waals surface area contributed by atoms with Crippen LogP contribution in [0.15, 0.2) is 182 Å². The van der Waals surface area contributed by atoms with Gasteiger partial charge in [0.1, 0.15) is 0 Å². The summed E-state index contributed by atoms with van der Waals surface area (Å²) in [5.41, 5.74) is 9.62. The summed E-state index contributed by atoms with van der Waals surface area (Å²) < 4.78 is 2.41. The highest BCUT2D eigenvalue weighted by molar-refractivity contribution is 6.21. The summed E-state index contributed by atoms with van der Waals surface area (Å²) in [6.45, 7) is 0. The molecule has 51 heavy (non-hydrogen) atoms.